The molecule has 0 rings (SSSR count). The van der Waals surface area contributed by atoms with Gasteiger partial charge in [-0.2, -0.15) is 5.26 Å². The lowest BCUT2D eigenvalue weighted by Gasteiger charge is -2.18. The van der Waals surface area contributed by atoms with E-state index in [0.717, 1.165) is 0 Å². The average Bonchev–Trinajstić information content (AvgIpc) is 2.24. The first kappa shape index (κ1) is 13.4. The predicted molar refractivity (Wildman–Crippen MR) is 51.5 cm³/mol. The molecule has 0 amide bonds. The second kappa shape index (κ2) is 6.82. The van der Waals surface area contributed by atoms with Gasteiger partial charge in [0.25, 0.3) is 0 Å². The summed E-state index contributed by atoms with van der Waals surface area (Å²) in [5, 5.41) is 8.51. The Hall–Kier alpha value is -1.57. The highest BCUT2D eigenvalue weighted by atomic mass is 16.5. The van der Waals surface area contributed by atoms with Gasteiger partial charge in [-0.3, -0.25) is 9.59 Å². The summed E-state index contributed by atoms with van der Waals surface area (Å²) in [6, 6.07) is 1.96. The van der Waals surface area contributed by atoms with Crippen LogP contribution < -0.4 is 0 Å². The van der Waals surface area contributed by atoms with Crippen molar-refractivity contribution >= 4 is 11.9 Å². The number of ether oxygens (including phenoxy) is 2. The first-order valence-corrected chi connectivity index (χ1v) is 4.58. The van der Waals surface area contributed by atoms with Crippen molar-refractivity contribution in [3.05, 3.63) is 0 Å². The van der Waals surface area contributed by atoms with E-state index in [4.69, 9.17) is 5.26 Å². The lowest BCUT2D eigenvalue weighted by atomic mass is 9.89. The minimum absolute atomic E-state index is 0.0496. The Bertz CT molecular complexity index is 269. The summed E-state index contributed by atoms with van der Waals surface area (Å²) in [6.45, 7) is 1.73. The maximum absolute atomic E-state index is 11.3. The molecule has 0 aromatic rings. The first-order chi connectivity index (χ1) is 7.06. The number of rotatable bonds is 5. The van der Waals surface area contributed by atoms with Crippen LogP contribution in [-0.4, -0.2) is 26.2 Å². The van der Waals surface area contributed by atoms with Gasteiger partial charge < -0.3 is 9.47 Å². The third kappa shape index (κ3) is 4.45. The Labute approximate surface area is 89.0 Å². The summed E-state index contributed by atoms with van der Waals surface area (Å²) >= 11 is 0. The molecule has 84 valence electrons. The fourth-order valence-corrected chi connectivity index (χ4v) is 1.22. The van der Waals surface area contributed by atoms with Crippen LogP contribution in [0.3, 0.4) is 0 Å². The summed E-state index contributed by atoms with van der Waals surface area (Å²) in [5.74, 6) is -1.79. The molecule has 0 aliphatic rings. The normalized spacial score (nSPS) is 13.5. The molecule has 0 heterocycles. The van der Waals surface area contributed by atoms with E-state index in [9.17, 15) is 9.59 Å². The van der Waals surface area contributed by atoms with Gasteiger partial charge in [-0.25, -0.2) is 0 Å². The molecule has 0 saturated heterocycles. The van der Waals surface area contributed by atoms with Crippen molar-refractivity contribution in [2.75, 3.05) is 14.2 Å². The summed E-state index contributed by atoms with van der Waals surface area (Å²) < 4.78 is 9.04. The highest BCUT2D eigenvalue weighted by Crippen LogP contribution is 2.20. The molecule has 0 aliphatic carbocycles. The van der Waals surface area contributed by atoms with Gasteiger partial charge in [0.05, 0.1) is 32.6 Å². The molecule has 0 bridgehead atoms. The van der Waals surface area contributed by atoms with Crippen molar-refractivity contribution in [2.24, 2.45) is 11.8 Å². The number of carbonyl (C=O) groups is 2. The molecule has 5 nitrogen and oxygen atoms in total. The molecule has 0 aromatic carbocycles. The van der Waals surface area contributed by atoms with Crippen molar-refractivity contribution in [1.29, 1.82) is 5.26 Å². The highest BCUT2D eigenvalue weighted by Gasteiger charge is 2.28. The molecule has 15 heavy (non-hydrogen) atoms. The summed E-state index contributed by atoms with van der Waals surface area (Å²) in [5.41, 5.74) is 0. The van der Waals surface area contributed by atoms with Crippen LogP contribution in [0, 0.1) is 23.2 Å². The van der Waals surface area contributed by atoms with Crippen LogP contribution in [0.1, 0.15) is 19.8 Å². The molecule has 0 N–H and O–H groups in total. The SMILES string of the molecule is COC(=O)CC(C(=O)OC)C(C)CC#N. The Balaban J connectivity index is 4.51. The topological polar surface area (TPSA) is 76.4 Å². The number of carbonyl (C=O) groups excluding carboxylic acids is 2. The maximum atomic E-state index is 11.3. The van der Waals surface area contributed by atoms with Gasteiger partial charge in [0, 0.05) is 6.42 Å². The van der Waals surface area contributed by atoms with E-state index in [0.29, 0.717) is 0 Å². The van der Waals surface area contributed by atoms with Crippen molar-refractivity contribution < 1.29 is 19.1 Å². The van der Waals surface area contributed by atoms with E-state index in [2.05, 4.69) is 9.47 Å². The van der Waals surface area contributed by atoms with Gasteiger partial charge in [0.1, 0.15) is 0 Å². The van der Waals surface area contributed by atoms with Gasteiger partial charge in [-0.1, -0.05) is 6.92 Å². The van der Waals surface area contributed by atoms with Crippen LogP contribution in [0.4, 0.5) is 0 Å². The molecule has 0 aliphatic heterocycles. The number of methoxy groups -OCH3 is 2. The van der Waals surface area contributed by atoms with E-state index in [1.165, 1.54) is 14.2 Å². The summed E-state index contributed by atoms with van der Waals surface area (Å²) in [6.07, 6.45) is 0.156. The molecule has 0 aromatic heterocycles. The van der Waals surface area contributed by atoms with Crippen molar-refractivity contribution in [3.63, 3.8) is 0 Å². The smallest absolute Gasteiger partial charge is 0.309 e. The molecule has 0 radical (unpaired) electrons. The number of esters is 2. The monoisotopic (exact) mass is 213 g/mol. The molecule has 5 heteroatoms. The fraction of sp³-hybridized carbons (Fsp3) is 0.700. The minimum Gasteiger partial charge on any atom is -0.469 e. The first-order valence-electron chi connectivity index (χ1n) is 4.58. The van der Waals surface area contributed by atoms with Crippen LogP contribution >= 0.6 is 0 Å². The summed E-state index contributed by atoms with van der Waals surface area (Å²) in [7, 11) is 2.51. The van der Waals surface area contributed by atoms with Gasteiger partial charge in [0.15, 0.2) is 0 Å². The fourth-order valence-electron chi connectivity index (χ4n) is 1.22. The molecule has 0 saturated carbocycles. The second-order valence-electron chi connectivity index (χ2n) is 3.25. The van der Waals surface area contributed by atoms with E-state index in [1.54, 1.807) is 6.92 Å². The van der Waals surface area contributed by atoms with Crippen molar-refractivity contribution in [3.8, 4) is 6.07 Å². The third-order valence-corrected chi connectivity index (χ3v) is 2.22. The van der Waals surface area contributed by atoms with Gasteiger partial charge in [0.2, 0.25) is 0 Å². The lowest BCUT2D eigenvalue weighted by Crippen LogP contribution is -2.26. The van der Waals surface area contributed by atoms with Gasteiger partial charge in [-0.15, -0.1) is 0 Å². The van der Waals surface area contributed by atoms with E-state index in [1.807, 2.05) is 6.07 Å². The van der Waals surface area contributed by atoms with Crippen LogP contribution in [-0.2, 0) is 19.1 Å². The third-order valence-electron chi connectivity index (χ3n) is 2.22. The zero-order chi connectivity index (χ0) is 11.8. The second-order valence-corrected chi connectivity index (χ2v) is 3.25. The Kier molecular flexibility index (Phi) is 6.11. The quantitative estimate of drug-likeness (QED) is 0.634. The Morgan fingerprint density at radius 3 is 2.33 bits per heavy atom. The zero-order valence-corrected chi connectivity index (χ0v) is 9.15. The number of nitrogens with zero attached hydrogens (tertiary/aromatic N) is 1. The molecular formula is C10H15NO4. The van der Waals surface area contributed by atoms with Crippen molar-refractivity contribution in [1.82, 2.24) is 0 Å². The van der Waals surface area contributed by atoms with E-state index < -0.39 is 17.9 Å². The number of hydrogen-bond acceptors (Lipinski definition) is 5. The van der Waals surface area contributed by atoms with E-state index in [-0.39, 0.29) is 18.8 Å². The molecule has 2 atom stereocenters. The van der Waals surface area contributed by atoms with Crippen LogP contribution in [0.25, 0.3) is 0 Å². The molecule has 0 spiro atoms. The predicted octanol–water partition coefficient (Wildman–Crippen LogP) is 0.888. The Morgan fingerprint density at radius 2 is 1.93 bits per heavy atom. The Morgan fingerprint density at radius 1 is 1.33 bits per heavy atom. The number of nitriles is 1. The zero-order valence-electron chi connectivity index (χ0n) is 9.15. The number of hydrogen-bond donors (Lipinski definition) is 0. The van der Waals surface area contributed by atoms with E-state index >= 15 is 0 Å². The molecule has 0 fully saturated rings. The lowest BCUT2D eigenvalue weighted by molar-refractivity contribution is -0.153. The molecular weight excluding hydrogens is 198 g/mol. The highest BCUT2D eigenvalue weighted by molar-refractivity contribution is 5.80. The van der Waals surface area contributed by atoms with Crippen LogP contribution in [0.15, 0.2) is 0 Å². The van der Waals surface area contributed by atoms with Gasteiger partial charge >= 0.3 is 11.9 Å². The summed E-state index contributed by atoms with van der Waals surface area (Å²) in [4.78, 5) is 22.4. The average molecular weight is 213 g/mol. The van der Waals surface area contributed by atoms with Crippen molar-refractivity contribution in [2.45, 2.75) is 19.8 Å². The van der Waals surface area contributed by atoms with Crippen LogP contribution in [0.5, 0.6) is 0 Å². The molecule has 2 unspecified atom stereocenters. The van der Waals surface area contributed by atoms with Gasteiger partial charge in [-0.05, 0) is 5.92 Å². The largest absolute Gasteiger partial charge is 0.469 e. The standard InChI is InChI=1S/C10H15NO4/c1-7(4-5-11)8(10(13)15-3)6-9(12)14-2/h7-8H,4,6H2,1-3H3. The maximum Gasteiger partial charge on any atom is 0.309 e. The minimum atomic E-state index is -0.609. The van der Waals surface area contributed by atoms with Crippen LogP contribution in [0.2, 0.25) is 0 Å².